The molecule has 0 aliphatic carbocycles. The molecule has 1 aromatic heterocycles. The number of hydrogen-bond donors (Lipinski definition) is 1. The molecule has 2 aromatic rings. The third-order valence-corrected chi connectivity index (χ3v) is 5.01. The summed E-state index contributed by atoms with van der Waals surface area (Å²) in [4.78, 5) is 16.1. The quantitative estimate of drug-likeness (QED) is 0.682. The van der Waals surface area contributed by atoms with Gasteiger partial charge in [0.15, 0.2) is 5.13 Å². The van der Waals surface area contributed by atoms with E-state index in [0.29, 0.717) is 15.7 Å². The first-order chi connectivity index (χ1) is 9.01. The Morgan fingerprint density at radius 3 is 3.00 bits per heavy atom. The van der Waals surface area contributed by atoms with E-state index in [0.717, 1.165) is 22.0 Å². The normalized spacial score (nSPS) is 12.6. The van der Waals surface area contributed by atoms with Crippen molar-refractivity contribution in [1.82, 2.24) is 4.98 Å². The summed E-state index contributed by atoms with van der Waals surface area (Å²) in [5.41, 5.74) is 0.715. The Labute approximate surface area is 137 Å². The van der Waals surface area contributed by atoms with Gasteiger partial charge in [0.05, 0.1) is 14.5 Å². The number of carbonyl (C=O) groups excluding carboxylic acids is 1. The number of rotatable bonds is 4. The van der Waals surface area contributed by atoms with Gasteiger partial charge in [0.25, 0.3) is 0 Å². The van der Waals surface area contributed by atoms with Crippen LogP contribution in [0.4, 0.5) is 5.13 Å². The molecule has 1 aromatic carbocycles. The van der Waals surface area contributed by atoms with Gasteiger partial charge in [-0.25, -0.2) is 4.98 Å². The van der Waals surface area contributed by atoms with Gasteiger partial charge in [0.1, 0.15) is 5.52 Å². The predicted octanol–water partition coefficient (Wildman–Crippen LogP) is 5.21. The lowest BCUT2D eigenvalue weighted by molar-refractivity contribution is -0.115. The first kappa shape index (κ1) is 15.2. The number of anilines is 1. The van der Waals surface area contributed by atoms with Gasteiger partial charge in [-0.2, -0.15) is 0 Å². The maximum atomic E-state index is 11.9. The van der Waals surface area contributed by atoms with Gasteiger partial charge in [0, 0.05) is 4.47 Å². The molecule has 19 heavy (non-hydrogen) atoms. The third-order valence-electron chi connectivity index (χ3n) is 2.47. The van der Waals surface area contributed by atoms with E-state index < -0.39 is 0 Å². The molecule has 0 radical (unpaired) electrons. The Morgan fingerprint density at radius 1 is 1.58 bits per heavy atom. The highest BCUT2D eigenvalue weighted by Gasteiger charge is 2.16. The average molecular weight is 427 g/mol. The van der Waals surface area contributed by atoms with E-state index in [2.05, 4.69) is 42.2 Å². The van der Waals surface area contributed by atoms with E-state index >= 15 is 0 Å². The molecule has 0 aliphatic heterocycles. The molecule has 0 saturated carbocycles. The molecule has 0 fully saturated rings. The summed E-state index contributed by atoms with van der Waals surface area (Å²) in [6.45, 7) is 2.04. The van der Waals surface area contributed by atoms with Crippen LogP contribution in [0.25, 0.3) is 10.2 Å². The van der Waals surface area contributed by atoms with Crippen molar-refractivity contribution in [2.24, 2.45) is 0 Å². The highest BCUT2D eigenvalue weighted by Crippen LogP contribution is 2.34. The SMILES string of the molecule is CCC[C@@H](Br)C(=O)Nc1nc2c(Cl)cc(Br)cc2s1. The van der Waals surface area contributed by atoms with E-state index in [-0.39, 0.29) is 10.7 Å². The Morgan fingerprint density at radius 2 is 2.32 bits per heavy atom. The molecule has 0 saturated heterocycles. The minimum Gasteiger partial charge on any atom is -0.301 e. The number of alkyl halides is 1. The van der Waals surface area contributed by atoms with Crippen LogP contribution < -0.4 is 5.32 Å². The fourth-order valence-corrected chi connectivity index (χ4v) is 4.15. The molecule has 102 valence electrons. The van der Waals surface area contributed by atoms with Crippen molar-refractivity contribution >= 4 is 76.1 Å². The maximum Gasteiger partial charge on any atom is 0.239 e. The Balaban J connectivity index is 2.22. The van der Waals surface area contributed by atoms with Gasteiger partial charge in [-0.15, -0.1) is 0 Å². The number of fused-ring (bicyclic) bond motifs is 1. The topological polar surface area (TPSA) is 42.0 Å². The lowest BCUT2D eigenvalue weighted by Crippen LogP contribution is -2.22. The summed E-state index contributed by atoms with van der Waals surface area (Å²) < 4.78 is 1.84. The lowest BCUT2D eigenvalue weighted by Gasteiger charge is -2.06. The average Bonchev–Trinajstić information content (AvgIpc) is 2.72. The van der Waals surface area contributed by atoms with Crippen LogP contribution in [0.2, 0.25) is 5.02 Å². The van der Waals surface area contributed by atoms with Crippen molar-refractivity contribution in [2.45, 2.75) is 24.6 Å². The molecular formula is C12H11Br2ClN2OS. The van der Waals surface area contributed by atoms with Crippen molar-refractivity contribution in [3.63, 3.8) is 0 Å². The number of hydrogen-bond acceptors (Lipinski definition) is 3. The fourth-order valence-electron chi connectivity index (χ4n) is 1.58. The first-order valence-electron chi connectivity index (χ1n) is 5.71. The zero-order valence-electron chi connectivity index (χ0n) is 10.0. The number of nitrogens with one attached hydrogen (secondary N) is 1. The third kappa shape index (κ3) is 3.68. The molecule has 1 atom stereocenters. The van der Waals surface area contributed by atoms with E-state index in [9.17, 15) is 4.79 Å². The minimum atomic E-state index is -0.188. The standard InChI is InChI=1S/C12H11Br2ClN2OS/c1-2-3-7(14)11(18)17-12-16-10-8(15)4-6(13)5-9(10)19-12/h4-5,7H,2-3H2,1H3,(H,16,17,18)/t7-/m1/s1. The van der Waals surface area contributed by atoms with Crippen LogP contribution in [0.3, 0.4) is 0 Å². The number of aromatic nitrogens is 1. The van der Waals surface area contributed by atoms with Crippen LogP contribution in [-0.4, -0.2) is 15.7 Å². The van der Waals surface area contributed by atoms with Gasteiger partial charge in [-0.1, -0.05) is 68.1 Å². The smallest absolute Gasteiger partial charge is 0.239 e. The van der Waals surface area contributed by atoms with Gasteiger partial charge < -0.3 is 5.32 Å². The van der Waals surface area contributed by atoms with E-state index in [1.807, 2.05) is 13.0 Å². The Bertz CT molecular complexity index is 617. The largest absolute Gasteiger partial charge is 0.301 e. The number of halogens is 3. The van der Waals surface area contributed by atoms with E-state index in [1.165, 1.54) is 11.3 Å². The zero-order valence-corrected chi connectivity index (χ0v) is 14.8. The van der Waals surface area contributed by atoms with Gasteiger partial charge in [-0.05, 0) is 18.6 Å². The molecule has 1 heterocycles. The Kier molecular flexibility index (Phi) is 5.22. The predicted molar refractivity (Wildman–Crippen MR) is 88.6 cm³/mol. The van der Waals surface area contributed by atoms with E-state index in [1.54, 1.807) is 6.07 Å². The second kappa shape index (κ2) is 6.52. The van der Waals surface area contributed by atoms with Crippen molar-refractivity contribution < 1.29 is 4.79 Å². The highest BCUT2D eigenvalue weighted by atomic mass is 79.9. The summed E-state index contributed by atoms with van der Waals surface area (Å²) in [6.07, 6.45) is 1.74. The maximum absolute atomic E-state index is 11.9. The molecule has 2 rings (SSSR count). The van der Waals surface area contributed by atoms with Crippen molar-refractivity contribution in [2.75, 3.05) is 5.32 Å². The van der Waals surface area contributed by atoms with Crippen molar-refractivity contribution in [3.05, 3.63) is 21.6 Å². The summed E-state index contributed by atoms with van der Waals surface area (Å²) in [5, 5.41) is 3.95. The van der Waals surface area contributed by atoms with Crippen molar-refractivity contribution in [3.8, 4) is 0 Å². The molecule has 0 spiro atoms. The fraction of sp³-hybridized carbons (Fsp3) is 0.333. The molecular weight excluding hydrogens is 415 g/mol. The Hall–Kier alpha value is -0.170. The van der Waals surface area contributed by atoms with Crippen LogP contribution >= 0.6 is 54.8 Å². The summed E-state index contributed by atoms with van der Waals surface area (Å²) in [5.74, 6) is -0.0731. The number of nitrogens with zero attached hydrogens (tertiary/aromatic N) is 1. The molecule has 0 bridgehead atoms. The van der Waals surface area contributed by atoms with Crippen LogP contribution in [-0.2, 0) is 4.79 Å². The van der Waals surface area contributed by atoms with Crippen LogP contribution in [0, 0.1) is 0 Å². The van der Waals surface area contributed by atoms with Gasteiger partial charge >= 0.3 is 0 Å². The molecule has 0 aliphatic rings. The molecule has 0 unspecified atom stereocenters. The summed E-state index contributed by atoms with van der Waals surface area (Å²) >= 11 is 14.3. The van der Waals surface area contributed by atoms with Crippen molar-refractivity contribution in [1.29, 1.82) is 0 Å². The van der Waals surface area contributed by atoms with Gasteiger partial charge in [-0.3, -0.25) is 4.79 Å². The minimum absolute atomic E-state index is 0.0731. The van der Waals surface area contributed by atoms with Crippen LogP contribution in [0.15, 0.2) is 16.6 Å². The van der Waals surface area contributed by atoms with Crippen LogP contribution in [0.1, 0.15) is 19.8 Å². The summed E-state index contributed by atoms with van der Waals surface area (Å²) in [6, 6.07) is 3.73. The number of carbonyl (C=O) groups is 1. The number of thiazole rings is 1. The highest BCUT2D eigenvalue weighted by molar-refractivity contribution is 9.10. The zero-order chi connectivity index (χ0) is 14.0. The first-order valence-corrected chi connectivity index (χ1v) is 8.62. The number of benzene rings is 1. The molecule has 7 heteroatoms. The monoisotopic (exact) mass is 424 g/mol. The molecule has 1 N–H and O–H groups in total. The lowest BCUT2D eigenvalue weighted by atomic mass is 10.2. The summed E-state index contributed by atoms with van der Waals surface area (Å²) in [7, 11) is 0. The second-order valence-electron chi connectivity index (χ2n) is 4.00. The molecule has 3 nitrogen and oxygen atoms in total. The van der Waals surface area contributed by atoms with Crippen LogP contribution in [0.5, 0.6) is 0 Å². The molecule has 1 amide bonds. The van der Waals surface area contributed by atoms with E-state index in [4.69, 9.17) is 11.6 Å². The second-order valence-corrected chi connectivity index (χ2v) is 7.46. The van der Waals surface area contributed by atoms with Gasteiger partial charge in [0.2, 0.25) is 5.91 Å². The number of amides is 1.